The monoisotopic (exact) mass is 330 g/mol. The van der Waals surface area contributed by atoms with Crippen LogP contribution in [0, 0.1) is 20.8 Å². The predicted molar refractivity (Wildman–Crippen MR) is 91.3 cm³/mol. The molecule has 2 aromatic rings. The maximum absolute atomic E-state index is 11.4. The summed E-state index contributed by atoms with van der Waals surface area (Å²) in [6.45, 7) is 9.85. The van der Waals surface area contributed by atoms with Crippen LogP contribution in [0.4, 0.5) is 5.82 Å². The molecule has 0 radical (unpaired) electrons. The average Bonchev–Trinajstić information content (AvgIpc) is 2.81. The van der Waals surface area contributed by atoms with Crippen LogP contribution in [0.3, 0.4) is 0 Å². The second kappa shape index (κ2) is 7.67. The van der Waals surface area contributed by atoms with Crippen molar-refractivity contribution < 1.29 is 9.53 Å². The van der Waals surface area contributed by atoms with E-state index in [0.29, 0.717) is 24.0 Å². The predicted octanol–water partition coefficient (Wildman–Crippen LogP) is 2.33. The molecule has 0 aliphatic rings. The van der Waals surface area contributed by atoms with Crippen molar-refractivity contribution in [3.05, 3.63) is 29.1 Å². The number of nitrogens with zero attached hydrogens (tertiary/aromatic N) is 5. The molecule has 0 aliphatic heterocycles. The molecule has 0 unspecified atom stereocenters. The Balaban J connectivity index is 2.04. The lowest BCUT2D eigenvalue weighted by atomic mass is 10.2. The van der Waals surface area contributed by atoms with Crippen molar-refractivity contribution in [1.29, 1.82) is 0 Å². The summed E-state index contributed by atoms with van der Waals surface area (Å²) in [5, 5.41) is 16.8. The Bertz CT molecular complexity index is 749. The molecule has 2 rings (SSSR count). The molecule has 0 bridgehead atoms. The van der Waals surface area contributed by atoms with Gasteiger partial charge >= 0.3 is 5.97 Å². The van der Waals surface area contributed by atoms with Crippen molar-refractivity contribution >= 4 is 17.5 Å². The minimum Gasteiger partial charge on any atom is -0.466 e. The number of aryl methyl sites for hydroxylation is 1. The fourth-order valence-corrected chi connectivity index (χ4v) is 2.05. The quantitative estimate of drug-likeness (QED) is 0.496. The van der Waals surface area contributed by atoms with E-state index in [9.17, 15) is 4.79 Å². The van der Waals surface area contributed by atoms with E-state index in [0.717, 1.165) is 17.0 Å². The first-order valence-corrected chi connectivity index (χ1v) is 7.74. The van der Waals surface area contributed by atoms with Gasteiger partial charge in [0.1, 0.15) is 0 Å². The van der Waals surface area contributed by atoms with Gasteiger partial charge in [-0.2, -0.15) is 10.2 Å². The van der Waals surface area contributed by atoms with E-state index in [2.05, 4.69) is 25.8 Å². The van der Waals surface area contributed by atoms with Crippen LogP contribution in [0.15, 0.2) is 17.2 Å². The van der Waals surface area contributed by atoms with Gasteiger partial charge in [-0.25, -0.2) is 4.68 Å². The lowest BCUT2D eigenvalue weighted by Crippen LogP contribution is -2.10. The van der Waals surface area contributed by atoms with Gasteiger partial charge in [0.25, 0.3) is 0 Å². The zero-order valence-corrected chi connectivity index (χ0v) is 14.6. The lowest BCUT2D eigenvalue weighted by Gasteiger charge is -2.05. The number of hydrogen-bond acceptors (Lipinski definition) is 7. The summed E-state index contributed by atoms with van der Waals surface area (Å²) < 4.78 is 6.63. The van der Waals surface area contributed by atoms with Crippen molar-refractivity contribution in [3.8, 4) is 5.82 Å². The number of nitrogens with one attached hydrogen (secondary N) is 1. The Morgan fingerprint density at radius 1 is 1.29 bits per heavy atom. The second-order valence-corrected chi connectivity index (χ2v) is 5.43. The third-order valence-corrected chi connectivity index (χ3v) is 3.59. The van der Waals surface area contributed by atoms with Crippen molar-refractivity contribution in [2.45, 2.75) is 41.0 Å². The molecule has 2 aromatic heterocycles. The summed E-state index contributed by atoms with van der Waals surface area (Å²) in [5.74, 6) is 0.823. The van der Waals surface area contributed by atoms with Crippen molar-refractivity contribution in [2.24, 2.45) is 5.10 Å². The number of ether oxygens (including phenoxy) is 1. The summed E-state index contributed by atoms with van der Waals surface area (Å²) in [7, 11) is 0. The molecule has 2 heterocycles. The number of rotatable bonds is 6. The molecule has 0 spiro atoms. The Morgan fingerprint density at radius 3 is 2.58 bits per heavy atom. The maximum atomic E-state index is 11.4. The van der Waals surface area contributed by atoms with Crippen LogP contribution < -0.4 is 5.43 Å². The first-order valence-electron chi connectivity index (χ1n) is 7.74. The molecule has 0 aliphatic carbocycles. The van der Waals surface area contributed by atoms with Gasteiger partial charge in [-0.15, -0.1) is 10.2 Å². The van der Waals surface area contributed by atoms with Crippen molar-refractivity contribution in [1.82, 2.24) is 20.0 Å². The highest BCUT2D eigenvalue weighted by molar-refractivity contribution is 5.97. The van der Waals surface area contributed by atoms with Gasteiger partial charge < -0.3 is 4.74 Å². The van der Waals surface area contributed by atoms with Gasteiger partial charge in [0.2, 0.25) is 0 Å². The lowest BCUT2D eigenvalue weighted by molar-refractivity contribution is -0.141. The third-order valence-electron chi connectivity index (χ3n) is 3.59. The summed E-state index contributed by atoms with van der Waals surface area (Å²) in [5.41, 5.74) is 6.52. The molecule has 0 atom stereocenters. The molecule has 0 amide bonds. The molecule has 0 saturated heterocycles. The topological polar surface area (TPSA) is 94.3 Å². The minimum atomic E-state index is -0.304. The molecule has 128 valence electrons. The van der Waals surface area contributed by atoms with Crippen LogP contribution in [-0.4, -0.2) is 38.3 Å². The smallest absolute Gasteiger partial charge is 0.311 e. The fourth-order valence-electron chi connectivity index (χ4n) is 2.05. The van der Waals surface area contributed by atoms with Crippen molar-refractivity contribution in [2.75, 3.05) is 12.0 Å². The highest BCUT2D eigenvalue weighted by atomic mass is 16.5. The second-order valence-electron chi connectivity index (χ2n) is 5.43. The van der Waals surface area contributed by atoms with Crippen LogP contribution in [0.5, 0.6) is 0 Å². The Labute approximate surface area is 140 Å². The van der Waals surface area contributed by atoms with Gasteiger partial charge in [0.05, 0.1) is 18.7 Å². The van der Waals surface area contributed by atoms with Gasteiger partial charge in [-0.1, -0.05) is 0 Å². The zero-order chi connectivity index (χ0) is 17.7. The van der Waals surface area contributed by atoms with Crippen LogP contribution in [0.2, 0.25) is 0 Å². The van der Waals surface area contributed by atoms with Gasteiger partial charge in [0.15, 0.2) is 11.6 Å². The van der Waals surface area contributed by atoms with Crippen LogP contribution in [-0.2, 0) is 9.53 Å². The van der Waals surface area contributed by atoms with E-state index >= 15 is 0 Å². The van der Waals surface area contributed by atoms with Gasteiger partial charge in [0, 0.05) is 11.4 Å². The highest BCUT2D eigenvalue weighted by Crippen LogP contribution is 2.15. The van der Waals surface area contributed by atoms with Gasteiger partial charge in [-0.05, 0) is 52.3 Å². The molecule has 0 saturated carbocycles. The van der Waals surface area contributed by atoms with E-state index in [-0.39, 0.29) is 12.4 Å². The first-order chi connectivity index (χ1) is 11.4. The summed E-state index contributed by atoms with van der Waals surface area (Å²) >= 11 is 0. The highest BCUT2D eigenvalue weighted by Gasteiger charge is 2.10. The van der Waals surface area contributed by atoms with Crippen LogP contribution >= 0.6 is 0 Å². The van der Waals surface area contributed by atoms with E-state index < -0.39 is 0 Å². The summed E-state index contributed by atoms with van der Waals surface area (Å²) in [6, 6.07) is 3.57. The molecule has 8 nitrogen and oxygen atoms in total. The van der Waals surface area contributed by atoms with E-state index in [1.807, 2.05) is 26.8 Å². The molecule has 8 heteroatoms. The molecular formula is C16H22N6O2. The van der Waals surface area contributed by atoms with Gasteiger partial charge in [-0.3, -0.25) is 10.2 Å². The molecular weight excluding hydrogens is 308 g/mol. The number of carbonyl (C=O) groups is 1. The Morgan fingerprint density at radius 2 is 2.04 bits per heavy atom. The molecule has 1 N–H and O–H groups in total. The first kappa shape index (κ1) is 17.6. The standard InChI is InChI=1S/C16H22N6O2/c1-6-24-16(23)9-10(2)17-18-14-7-8-15(20-19-14)22-13(5)11(3)12(4)21-22/h7-8H,6,9H2,1-5H3,(H,18,19). The largest absolute Gasteiger partial charge is 0.466 e. The molecule has 0 aromatic carbocycles. The minimum absolute atomic E-state index is 0.136. The number of anilines is 1. The summed E-state index contributed by atoms with van der Waals surface area (Å²) in [6.07, 6.45) is 0.136. The SMILES string of the molecule is CCOC(=O)CC(C)=NNc1ccc(-n2nc(C)c(C)c2C)nn1. The van der Waals surface area contributed by atoms with Crippen LogP contribution in [0.25, 0.3) is 5.82 Å². The zero-order valence-electron chi connectivity index (χ0n) is 14.6. The summed E-state index contributed by atoms with van der Waals surface area (Å²) in [4.78, 5) is 11.4. The van der Waals surface area contributed by atoms with E-state index in [4.69, 9.17) is 4.74 Å². The number of carbonyl (C=O) groups excluding carboxylic acids is 1. The molecule has 0 fully saturated rings. The number of aromatic nitrogens is 4. The number of hydrogen-bond donors (Lipinski definition) is 1. The maximum Gasteiger partial charge on any atom is 0.311 e. The number of hydrazone groups is 1. The fraction of sp³-hybridized carbons (Fsp3) is 0.438. The van der Waals surface area contributed by atoms with Crippen LogP contribution in [0.1, 0.15) is 37.2 Å². The Kier molecular flexibility index (Phi) is 5.62. The molecule has 24 heavy (non-hydrogen) atoms. The average molecular weight is 330 g/mol. The van der Waals surface area contributed by atoms with E-state index in [1.54, 1.807) is 24.6 Å². The third kappa shape index (κ3) is 4.15. The van der Waals surface area contributed by atoms with Crippen molar-refractivity contribution in [3.63, 3.8) is 0 Å². The Hall–Kier alpha value is -2.77. The normalized spacial score (nSPS) is 11.5. The number of esters is 1. The van der Waals surface area contributed by atoms with E-state index in [1.165, 1.54) is 0 Å².